The number of carboxylic acids is 1. The summed E-state index contributed by atoms with van der Waals surface area (Å²) in [6.45, 7) is 7.26. The second-order valence-corrected chi connectivity index (χ2v) is 17.2. The van der Waals surface area contributed by atoms with Gasteiger partial charge >= 0.3 is 12.1 Å². The molecule has 1 aromatic carbocycles. The number of phenolic OH excluding ortho intramolecular Hbond substituents is 1. The number of amides is 1. The number of hydrogen-bond donors (Lipinski definition) is 3. The quantitative estimate of drug-likeness (QED) is 0.371. The Balaban J connectivity index is 1.58. The summed E-state index contributed by atoms with van der Waals surface area (Å²) in [6, 6.07) is 5.45. The van der Waals surface area contributed by atoms with Crippen LogP contribution in [0.3, 0.4) is 0 Å². The van der Waals surface area contributed by atoms with Gasteiger partial charge in [0.05, 0.1) is 24.6 Å². The number of alkyl carbamates (subject to hydrolysis) is 1. The minimum atomic E-state index is -1.24. The van der Waals surface area contributed by atoms with Crippen LogP contribution in [0.2, 0.25) is 25.7 Å². The van der Waals surface area contributed by atoms with Crippen molar-refractivity contribution in [2.45, 2.75) is 43.1 Å². The highest BCUT2D eigenvalue weighted by Crippen LogP contribution is 2.37. The summed E-state index contributed by atoms with van der Waals surface area (Å²) >= 11 is 3.16. The molecule has 2 unspecified atom stereocenters. The van der Waals surface area contributed by atoms with Crippen molar-refractivity contribution in [3.8, 4) is 17.6 Å². The average Bonchev–Trinajstić information content (AvgIpc) is 3.38. The number of rotatable bonds is 7. The van der Waals surface area contributed by atoms with Crippen LogP contribution < -0.4 is 5.32 Å². The van der Waals surface area contributed by atoms with Crippen LogP contribution >= 0.6 is 23.5 Å². The molecule has 1 aromatic rings. The van der Waals surface area contributed by atoms with Crippen LogP contribution in [-0.2, 0) is 9.53 Å². The number of aliphatic carboxylic acids is 1. The molecule has 0 aliphatic carbocycles. The molecule has 1 saturated heterocycles. The lowest BCUT2D eigenvalue weighted by atomic mass is 10.1. The second-order valence-electron chi connectivity index (χ2n) is 9.39. The molecule has 3 atom stereocenters. The molecular formula is C23H31N3O5S2Si. The van der Waals surface area contributed by atoms with E-state index in [2.05, 4.69) is 36.8 Å². The van der Waals surface area contributed by atoms with Crippen molar-refractivity contribution in [2.75, 3.05) is 31.7 Å². The molecule has 34 heavy (non-hydrogen) atoms. The fraction of sp³-hybridized carbons (Fsp3) is 0.522. The number of benzene rings is 1. The predicted octanol–water partition coefficient (Wildman–Crippen LogP) is 3.13. The van der Waals surface area contributed by atoms with Crippen molar-refractivity contribution in [3.05, 3.63) is 29.3 Å². The number of carboxylic acid groups (broad SMARTS) is 1. The van der Waals surface area contributed by atoms with Crippen LogP contribution in [0.1, 0.15) is 11.1 Å². The molecule has 3 rings (SSSR count). The van der Waals surface area contributed by atoms with Gasteiger partial charge in [-0.1, -0.05) is 31.5 Å². The first kappa shape index (κ1) is 26.5. The zero-order valence-corrected chi connectivity index (χ0v) is 22.5. The number of nitrogens with zero attached hydrogens (tertiary/aromatic N) is 2. The molecule has 1 fully saturated rings. The molecule has 0 bridgehead atoms. The van der Waals surface area contributed by atoms with Gasteiger partial charge in [-0.25, -0.2) is 4.79 Å². The number of carbonyl (C=O) groups excluding carboxylic acids is 1. The van der Waals surface area contributed by atoms with Gasteiger partial charge in [0.1, 0.15) is 16.8 Å². The Bertz CT molecular complexity index is 1020. The third kappa shape index (κ3) is 7.18. The molecule has 11 heteroatoms. The third-order valence-electron chi connectivity index (χ3n) is 5.47. The van der Waals surface area contributed by atoms with Gasteiger partial charge in [-0.3, -0.25) is 14.7 Å². The van der Waals surface area contributed by atoms with Crippen molar-refractivity contribution in [1.82, 2.24) is 10.2 Å². The van der Waals surface area contributed by atoms with E-state index in [4.69, 9.17) is 9.73 Å². The Kier molecular flexibility index (Phi) is 8.98. The van der Waals surface area contributed by atoms with Gasteiger partial charge in [-0.05, 0) is 31.3 Å². The Morgan fingerprint density at radius 2 is 2.09 bits per heavy atom. The van der Waals surface area contributed by atoms with Gasteiger partial charge in [0.25, 0.3) is 0 Å². The number of nitrogens with one attached hydrogen (secondary N) is 1. The highest BCUT2D eigenvalue weighted by molar-refractivity contribution is 8.14. The minimum absolute atomic E-state index is 0.00668. The second kappa shape index (κ2) is 11.5. The summed E-state index contributed by atoms with van der Waals surface area (Å²) in [5.74, 6) is 6.47. The molecular weight excluding hydrogens is 490 g/mol. The predicted molar refractivity (Wildman–Crippen MR) is 141 cm³/mol. The molecule has 1 amide bonds. The molecule has 2 aliphatic rings. The van der Waals surface area contributed by atoms with Gasteiger partial charge in [0.15, 0.2) is 0 Å². The molecule has 0 radical (unpaired) electrons. The fourth-order valence-electron chi connectivity index (χ4n) is 3.46. The number of likely N-dealkylation sites (N-methyl/N-ethyl adjacent to an activating group) is 1. The Labute approximate surface area is 209 Å². The van der Waals surface area contributed by atoms with E-state index in [1.165, 1.54) is 0 Å². The van der Waals surface area contributed by atoms with E-state index in [1.54, 1.807) is 41.7 Å². The molecule has 0 saturated carbocycles. The zero-order chi connectivity index (χ0) is 24.9. The normalized spacial score (nSPS) is 22.6. The first-order valence-electron chi connectivity index (χ1n) is 11.0. The maximum atomic E-state index is 11.8. The third-order valence-corrected chi connectivity index (χ3v) is 9.78. The van der Waals surface area contributed by atoms with Gasteiger partial charge in [-0.15, -0.1) is 23.5 Å². The van der Waals surface area contributed by atoms with Crippen molar-refractivity contribution in [2.24, 2.45) is 4.99 Å². The van der Waals surface area contributed by atoms with E-state index >= 15 is 0 Å². The van der Waals surface area contributed by atoms with Crippen LogP contribution in [0.25, 0.3) is 0 Å². The van der Waals surface area contributed by atoms with Crippen molar-refractivity contribution in [1.29, 1.82) is 0 Å². The smallest absolute Gasteiger partial charge is 0.407 e. The van der Waals surface area contributed by atoms with Crippen molar-refractivity contribution in [3.63, 3.8) is 0 Å². The molecule has 0 aromatic heterocycles. The van der Waals surface area contributed by atoms with Crippen LogP contribution in [0.5, 0.6) is 5.75 Å². The van der Waals surface area contributed by atoms with E-state index < -0.39 is 26.2 Å². The lowest BCUT2D eigenvalue weighted by molar-refractivity contribution is -0.141. The van der Waals surface area contributed by atoms with Crippen molar-refractivity contribution < 1.29 is 24.5 Å². The highest BCUT2D eigenvalue weighted by atomic mass is 32.2. The topological polar surface area (TPSA) is 111 Å². The molecule has 0 spiro atoms. The average molecular weight is 522 g/mol. The lowest BCUT2D eigenvalue weighted by Gasteiger charge is -2.24. The number of aliphatic imine (C=N–C) groups is 1. The fourth-order valence-corrected chi connectivity index (χ4v) is 6.93. The summed E-state index contributed by atoms with van der Waals surface area (Å²) in [6.07, 6.45) is -0.471. The molecule has 2 aliphatic heterocycles. The van der Waals surface area contributed by atoms with E-state index in [1.807, 2.05) is 11.9 Å². The summed E-state index contributed by atoms with van der Waals surface area (Å²) in [5.41, 5.74) is 1.31. The van der Waals surface area contributed by atoms with Gasteiger partial charge in [0, 0.05) is 30.7 Å². The van der Waals surface area contributed by atoms with Crippen LogP contribution in [0, 0.1) is 11.8 Å². The van der Waals surface area contributed by atoms with Crippen LogP contribution in [0.15, 0.2) is 23.2 Å². The van der Waals surface area contributed by atoms with E-state index in [0.717, 1.165) is 16.8 Å². The largest absolute Gasteiger partial charge is 0.507 e. The van der Waals surface area contributed by atoms with Crippen molar-refractivity contribution >= 4 is 48.7 Å². The molecule has 2 heterocycles. The first-order valence-corrected chi connectivity index (χ1v) is 16.8. The highest BCUT2D eigenvalue weighted by Gasteiger charge is 2.41. The van der Waals surface area contributed by atoms with Crippen LogP contribution in [-0.4, -0.2) is 89.5 Å². The number of phenols is 1. The summed E-state index contributed by atoms with van der Waals surface area (Å²) in [4.78, 5) is 29.8. The zero-order valence-electron chi connectivity index (χ0n) is 19.8. The monoisotopic (exact) mass is 521 g/mol. The summed E-state index contributed by atoms with van der Waals surface area (Å²) in [5, 5.41) is 23.1. The van der Waals surface area contributed by atoms with Gasteiger partial charge in [0.2, 0.25) is 0 Å². The van der Waals surface area contributed by atoms with Gasteiger partial charge < -0.3 is 20.3 Å². The van der Waals surface area contributed by atoms with E-state index in [-0.39, 0.29) is 23.7 Å². The molecule has 184 valence electrons. The first-order chi connectivity index (χ1) is 16.0. The SMILES string of the molecule is CN1C(C2CSC(c3cc(C#CCNC(=O)OCC[Si](C)(C)C)ccc3O)=N2)SC[C@H]1C(=O)O. The number of thioether (sulfide) groups is 2. The van der Waals surface area contributed by atoms with E-state index in [9.17, 15) is 19.8 Å². The molecule has 3 N–H and O–H groups in total. The summed E-state index contributed by atoms with van der Waals surface area (Å²) < 4.78 is 5.18. The maximum absolute atomic E-state index is 11.8. The number of aromatic hydroxyl groups is 1. The lowest BCUT2D eigenvalue weighted by Crippen LogP contribution is -2.42. The number of carbonyl (C=O) groups is 2. The Hall–Kier alpha value is -2.13. The van der Waals surface area contributed by atoms with Gasteiger partial charge in [-0.2, -0.15) is 0 Å². The standard InChI is InChI=1S/C23H31N3O5S2Si/c1-26-18(22(28)29)14-33-21(26)17-13-32-20(25-17)16-12-15(7-8-19(16)27)6-5-9-24-23(30)31-10-11-34(2,3)4/h7-8,12,17-18,21,27H,9-11,13-14H2,1-4H3,(H,24,30)(H,28,29)/t17?,18-,21?/m0/s1. The van der Waals surface area contributed by atoms with Crippen LogP contribution in [0.4, 0.5) is 4.79 Å². The minimum Gasteiger partial charge on any atom is -0.507 e. The molecule has 8 nitrogen and oxygen atoms in total. The number of hydrogen-bond acceptors (Lipinski definition) is 8. The number of ether oxygens (including phenoxy) is 1. The summed E-state index contributed by atoms with van der Waals surface area (Å²) in [7, 11) is 0.582. The van der Waals surface area contributed by atoms with E-state index in [0.29, 0.717) is 23.5 Å². The Morgan fingerprint density at radius 1 is 1.32 bits per heavy atom. The Morgan fingerprint density at radius 3 is 2.76 bits per heavy atom. The maximum Gasteiger partial charge on any atom is 0.407 e.